The molecule has 1 aliphatic carbocycles. The molecule has 3 unspecified atom stereocenters. The van der Waals surface area contributed by atoms with Crippen molar-refractivity contribution in [1.29, 1.82) is 0 Å². The number of carbonyl (C=O) groups excluding carboxylic acids is 1. The molecule has 3 rings (SSSR count). The second-order valence-electron chi connectivity index (χ2n) is 7.84. The second kappa shape index (κ2) is 12.7. The number of morpholine rings is 1. The molecule has 160 valence electrons. The monoisotopic (exact) mass is 431 g/mol. The van der Waals surface area contributed by atoms with Crippen LogP contribution in [-0.4, -0.2) is 60.6 Å². The van der Waals surface area contributed by atoms with Crippen molar-refractivity contribution in [3.05, 3.63) is 35.9 Å². The highest BCUT2D eigenvalue weighted by Crippen LogP contribution is 2.26. The fourth-order valence-corrected chi connectivity index (χ4v) is 4.17. The van der Waals surface area contributed by atoms with Gasteiger partial charge in [0.15, 0.2) is 0 Å². The quantitative estimate of drug-likeness (QED) is 0.751. The summed E-state index contributed by atoms with van der Waals surface area (Å²) in [5.74, 6) is 0.361. The minimum atomic E-state index is 0. The Balaban J connectivity index is 0.00000196. The van der Waals surface area contributed by atoms with Crippen LogP contribution in [0.3, 0.4) is 0 Å². The molecule has 2 fully saturated rings. The summed E-state index contributed by atoms with van der Waals surface area (Å²) in [6.07, 6.45) is 3.91. The van der Waals surface area contributed by atoms with Gasteiger partial charge in [-0.15, -0.1) is 24.8 Å². The Morgan fingerprint density at radius 1 is 1.21 bits per heavy atom. The van der Waals surface area contributed by atoms with E-state index in [4.69, 9.17) is 10.5 Å². The van der Waals surface area contributed by atoms with Crippen LogP contribution in [0.1, 0.15) is 38.2 Å². The number of hydrogen-bond donors (Lipinski definition) is 1. The first-order valence-electron chi connectivity index (χ1n) is 10.0. The van der Waals surface area contributed by atoms with Crippen LogP contribution in [0.2, 0.25) is 0 Å². The molecular weight excluding hydrogens is 397 g/mol. The molecule has 1 saturated heterocycles. The molecule has 1 heterocycles. The molecule has 1 aromatic rings. The molecule has 0 bridgehead atoms. The van der Waals surface area contributed by atoms with E-state index in [1.54, 1.807) is 0 Å². The van der Waals surface area contributed by atoms with Gasteiger partial charge >= 0.3 is 0 Å². The maximum Gasteiger partial charge on any atom is 0.226 e. The lowest BCUT2D eigenvalue weighted by molar-refractivity contribution is -0.140. The predicted molar refractivity (Wildman–Crippen MR) is 118 cm³/mol. The van der Waals surface area contributed by atoms with E-state index in [1.807, 2.05) is 18.2 Å². The Kier molecular flexibility index (Phi) is 11.4. The number of halogens is 2. The topological polar surface area (TPSA) is 58.8 Å². The molecule has 2 N–H and O–H groups in total. The van der Waals surface area contributed by atoms with E-state index in [-0.39, 0.29) is 48.7 Å². The van der Waals surface area contributed by atoms with Gasteiger partial charge in [0.05, 0.1) is 13.2 Å². The highest BCUT2D eigenvalue weighted by Gasteiger charge is 2.32. The molecule has 7 heteroatoms. The Morgan fingerprint density at radius 2 is 1.89 bits per heavy atom. The number of rotatable bonds is 6. The van der Waals surface area contributed by atoms with E-state index in [0.717, 1.165) is 58.5 Å². The van der Waals surface area contributed by atoms with Crippen molar-refractivity contribution < 1.29 is 9.53 Å². The Hall–Kier alpha value is -0.850. The normalized spacial score (nSPS) is 23.8. The van der Waals surface area contributed by atoms with E-state index in [1.165, 1.54) is 5.56 Å². The van der Waals surface area contributed by atoms with E-state index >= 15 is 0 Å². The van der Waals surface area contributed by atoms with Gasteiger partial charge in [-0.25, -0.2) is 0 Å². The van der Waals surface area contributed by atoms with Gasteiger partial charge in [-0.05, 0) is 31.7 Å². The van der Waals surface area contributed by atoms with Crippen LogP contribution in [0.15, 0.2) is 30.3 Å². The van der Waals surface area contributed by atoms with Crippen molar-refractivity contribution in [1.82, 2.24) is 9.80 Å². The summed E-state index contributed by atoms with van der Waals surface area (Å²) in [6.45, 7) is 7.24. The van der Waals surface area contributed by atoms with Crippen LogP contribution >= 0.6 is 24.8 Å². The third-order valence-electron chi connectivity index (χ3n) is 5.70. The average molecular weight is 432 g/mol. The van der Waals surface area contributed by atoms with Crippen LogP contribution in [0.25, 0.3) is 0 Å². The van der Waals surface area contributed by atoms with Gasteiger partial charge in [0.1, 0.15) is 0 Å². The first-order chi connectivity index (χ1) is 12.6. The number of carbonyl (C=O) groups is 1. The van der Waals surface area contributed by atoms with Crippen molar-refractivity contribution in [2.75, 3.05) is 32.8 Å². The fourth-order valence-electron chi connectivity index (χ4n) is 4.17. The zero-order chi connectivity index (χ0) is 18.4. The summed E-state index contributed by atoms with van der Waals surface area (Å²) in [6, 6.07) is 10.7. The van der Waals surface area contributed by atoms with Crippen LogP contribution in [0, 0.1) is 5.92 Å². The molecule has 28 heavy (non-hydrogen) atoms. The van der Waals surface area contributed by atoms with Crippen LogP contribution in [0.5, 0.6) is 0 Å². The predicted octanol–water partition coefficient (Wildman–Crippen LogP) is 3.10. The van der Waals surface area contributed by atoms with E-state index < -0.39 is 0 Å². The van der Waals surface area contributed by atoms with Crippen LogP contribution < -0.4 is 5.73 Å². The number of nitrogens with two attached hydrogens (primary N) is 1. The molecule has 1 amide bonds. The largest absolute Gasteiger partial charge is 0.379 e. The van der Waals surface area contributed by atoms with Gasteiger partial charge in [-0.1, -0.05) is 36.8 Å². The lowest BCUT2D eigenvalue weighted by Gasteiger charge is -2.38. The lowest BCUT2D eigenvalue weighted by atomic mass is 9.85. The number of nitrogens with zero attached hydrogens (tertiary/aromatic N) is 2. The molecular formula is C21H35Cl2N3O2. The smallest absolute Gasteiger partial charge is 0.226 e. The van der Waals surface area contributed by atoms with E-state index in [2.05, 4.69) is 28.9 Å². The fraction of sp³-hybridized carbons (Fsp3) is 0.667. The molecule has 3 atom stereocenters. The molecule has 1 aromatic carbocycles. The SMILES string of the molecule is CC(CN1CCOCC1)N(Cc1ccccc1)C(=O)C1CCCC(N)C1.Cl.Cl. The number of hydrogen-bond acceptors (Lipinski definition) is 4. The van der Waals surface area contributed by atoms with Crippen molar-refractivity contribution in [3.63, 3.8) is 0 Å². The molecule has 1 aliphatic heterocycles. The van der Waals surface area contributed by atoms with Crippen molar-refractivity contribution >= 4 is 30.7 Å². The summed E-state index contributed by atoms with van der Waals surface area (Å²) >= 11 is 0. The van der Waals surface area contributed by atoms with Gasteiger partial charge in [-0.2, -0.15) is 0 Å². The summed E-state index contributed by atoms with van der Waals surface area (Å²) in [5.41, 5.74) is 7.34. The first-order valence-corrected chi connectivity index (χ1v) is 10.0. The van der Waals surface area contributed by atoms with Gasteiger partial charge < -0.3 is 15.4 Å². The van der Waals surface area contributed by atoms with Gasteiger partial charge in [0.2, 0.25) is 5.91 Å². The highest BCUT2D eigenvalue weighted by atomic mass is 35.5. The van der Waals surface area contributed by atoms with Crippen molar-refractivity contribution in [2.24, 2.45) is 11.7 Å². The highest BCUT2D eigenvalue weighted by molar-refractivity contribution is 5.85. The minimum absolute atomic E-state index is 0. The summed E-state index contributed by atoms with van der Waals surface area (Å²) < 4.78 is 5.46. The van der Waals surface area contributed by atoms with Gasteiger partial charge in [0, 0.05) is 44.2 Å². The number of benzene rings is 1. The average Bonchev–Trinajstić information content (AvgIpc) is 2.67. The number of amides is 1. The third kappa shape index (κ3) is 7.20. The van der Waals surface area contributed by atoms with Gasteiger partial charge in [-0.3, -0.25) is 9.69 Å². The Bertz CT molecular complexity index is 570. The molecule has 5 nitrogen and oxygen atoms in total. The molecule has 0 spiro atoms. The lowest BCUT2D eigenvalue weighted by Crippen LogP contribution is -2.50. The minimum Gasteiger partial charge on any atom is -0.379 e. The molecule has 2 aliphatic rings. The maximum absolute atomic E-state index is 13.4. The van der Waals surface area contributed by atoms with Gasteiger partial charge in [0.25, 0.3) is 0 Å². The Labute approximate surface area is 181 Å². The molecule has 0 aromatic heterocycles. The number of ether oxygens (including phenoxy) is 1. The van der Waals surface area contributed by atoms with E-state index in [9.17, 15) is 4.79 Å². The molecule has 0 radical (unpaired) electrons. The van der Waals surface area contributed by atoms with Crippen LogP contribution in [-0.2, 0) is 16.1 Å². The zero-order valence-electron chi connectivity index (χ0n) is 16.8. The zero-order valence-corrected chi connectivity index (χ0v) is 18.4. The standard InChI is InChI=1S/C21H33N3O2.2ClH/c1-17(15-23-10-12-26-13-11-23)24(16-18-6-3-2-4-7-18)21(25)19-8-5-9-20(22)14-19;;/h2-4,6-7,17,19-20H,5,8-16,22H2,1H3;2*1H. The summed E-state index contributed by atoms with van der Waals surface area (Å²) in [5, 5.41) is 0. The van der Waals surface area contributed by atoms with Crippen molar-refractivity contribution in [2.45, 2.75) is 51.2 Å². The van der Waals surface area contributed by atoms with E-state index in [0.29, 0.717) is 6.54 Å². The summed E-state index contributed by atoms with van der Waals surface area (Å²) in [4.78, 5) is 17.9. The first kappa shape index (κ1) is 25.2. The summed E-state index contributed by atoms with van der Waals surface area (Å²) in [7, 11) is 0. The van der Waals surface area contributed by atoms with Crippen LogP contribution in [0.4, 0.5) is 0 Å². The molecule has 1 saturated carbocycles. The van der Waals surface area contributed by atoms with Crippen molar-refractivity contribution in [3.8, 4) is 0 Å². The second-order valence-corrected chi connectivity index (χ2v) is 7.84. The Morgan fingerprint density at radius 3 is 2.54 bits per heavy atom. The third-order valence-corrected chi connectivity index (χ3v) is 5.70. The maximum atomic E-state index is 13.4.